The van der Waals surface area contributed by atoms with Gasteiger partial charge in [0.15, 0.2) is 0 Å². The van der Waals surface area contributed by atoms with E-state index in [1.807, 2.05) is 30.0 Å². The molecule has 9 heteroatoms. The first-order chi connectivity index (χ1) is 15.0. The van der Waals surface area contributed by atoms with Crippen LogP contribution in [0.25, 0.3) is 15.9 Å². The first kappa shape index (κ1) is 20.0. The average Bonchev–Trinajstić information content (AvgIpc) is 3.35. The number of aryl methyl sites for hydroxylation is 1. The summed E-state index contributed by atoms with van der Waals surface area (Å²) in [5.41, 5.74) is 1.60. The zero-order valence-electron chi connectivity index (χ0n) is 16.8. The molecule has 4 aromatic rings. The predicted molar refractivity (Wildman–Crippen MR) is 121 cm³/mol. The molecule has 0 unspecified atom stereocenters. The second kappa shape index (κ2) is 7.94. The lowest BCUT2D eigenvalue weighted by Gasteiger charge is -2.35. The number of fused-ring (bicyclic) bond motifs is 1. The molecule has 0 bridgehead atoms. The maximum absolute atomic E-state index is 13.3. The van der Waals surface area contributed by atoms with E-state index >= 15 is 0 Å². The van der Waals surface area contributed by atoms with Crippen LogP contribution >= 0.6 is 22.9 Å². The van der Waals surface area contributed by atoms with Crippen LogP contribution in [0.5, 0.6) is 0 Å². The lowest BCUT2D eigenvalue weighted by molar-refractivity contribution is 0.0751. The molecule has 0 saturated carbocycles. The molecule has 3 aromatic heterocycles. The number of benzene rings is 1. The topological polar surface area (TPSA) is 54.3 Å². The molecular weight excluding hydrogens is 437 g/mol. The smallest absolute Gasteiger partial charge is 0.264 e. The fourth-order valence-electron chi connectivity index (χ4n) is 3.80. The maximum Gasteiger partial charge on any atom is 0.264 e. The van der Waals surface area contributed by atoms with Gasteiger partial charge in [0.25, 0.3) is 5.91 Å². The van der Waals surface area contributed by atoms with E-state index in [9.17, 15) is 9.18 Å². The number of anilines is 1. The summed E-state index contributed by atoms with van der Waals surface area (Å²) >= 11 is 7.68. The number of thiophene rings is 1. The molecule has 0 aliphatic carbocycles. The highest BCUT2D eigenvalue weighted by Gasteiger charge is 2.26. The number of rotatable bonds is 3. The van der Waals surface area contributed by atoms with Crippen LogP contribution in [0.15, 0.2) is 48.7 Å². The van der Waals surface area contributed by atoms with Crippen LogP contribution in [0.1, 0.15) is 15.4 Å². The number of nitrogens with zero attached hydrogens (tertiary/aromatic N) is 5. The Kier molecular flexibility index (Phi) is 5.11. The standard InChI is InChI=1S/C22H19ClFN5OS/c1-14-17-13-19(31-22(17)29(26-14)16-6-4-15(24)5-7-16)21(30)28-11-9-27(10-12-28)20-18(23)3-2-8-25-20/h2-8,13H,9-12H2,1H3. The van der Waals surface area contributed by atoms with Crippen molar-refractivity contribution in [3.05, 3.63) is 70.1 Å². The molecular formula is C22H19ClFN5OS. The Bertz CT molecular complexity index is 1260. The van der Waals surface area contributed by atoms with Gasteiger partial charge < -0.3 is 9.80 Å². The summed E-state index contributed by atoms with van der Waals surface area (Å²) < 4.78 is 15.1. The van der Waals surface area contributed by atoms with E-state index in [0.717, 1.165) is 27.4 Å². The molecule has 1 aromatic carbocycles. The second-order valence-corrected chi connectivity index (χ2v) is 8.83. The quantitative estimate of drug-likeness (QED) is 0.455. The number of carbonyl (C=O) groups is 1. The van der Waals surface area contributed by atoms with Crippen molar-refractivity contribution in [3.8, 4) is 5.69 Å². The van der Waals surface area contributed by atoms with E-state index in [1.165, 1.54) is 23.5 Å². The van der Waals surface area contributed by atoms with Crippen molar-refractivity contribution in [2.24, 2.45) is 0 Å². The molecule has 0 N–H and O–H groups in total. The van der Waals surface area contributed by atoms with E-state index in [0.29, 0.717) is 36.1 Å². The van der Waals surface area contributed by atoms with Gasteiger partial charge in [-0.3, -0.25) is 4.79 Å². The fourth-order valence-corrected chi connectivity index (χ4v) is 5.19. The van der Waals surface area contributed by atoms with Gasteiger partial charge in [-0.05, 0) is 49.4 Å². The zero-order valence-corrected chi connectivity index (χ0v) is 18.3. The lowest BCUT2D eigenvalue weighted by atomic mass is 10.2. The minimum Gasteiger partial charge on any atom is -0.352 e. The normalized spacial score (nSPS) is 14.4. The monoisotopic (exact) mass is 455 g/mol. The van der Waals surface area contributed by atoms with Gasteiger partial charge in [0.2, 0.25) is 0 Å². The van der Waals surface area contributed by atoms with Crippen LogP contribution in [0.4, 0.5) is 10.2 Å². The van der Waals surface area contributed by atoms with Crippen LogP contribution in [0, 0.1) is 12.7 Å². The molecule has 0 spiro atoms. The van der Waals surface area contributed by atoms with Crippen molar-refractivity contribution >= 4 is 44.9 Å². The first-order valence-corrected chi connectivity index (χ1v) is 11.1. The van der Waals surface area contributed by atoms with Gasteiger partial charge in [0, 0.05) is 37.8 Å². The van der Waals surface area contributed by atoms with Crippen molar-refractivity contribution in [3.63, 3.8) is 0 Å². The summed E-state index contributed by atoms with van der Waals surface area (Å²) in [5.74, 6) is 0.475. The largest absolute Gasteiger partial charge is 0.352 e. The van der Waals surface area contributed by atoms with Gasteiger partial charge >= 0.3 is 0 Å². The number of piperazine rings is 1. The molecule has 6 nitrogen and oxygen atoms in total. The molecule has 5 rings (SSSR count). The first-order valence-electron chi connectivity index (χ1n) is 9.91. The second-order valence-electron chi connectivity index (χ2n) is 7.39. The van der Waals surface area contributed by atoms with E-state index in [2.05, 4.69) is 15.0 Å². The van der Waals surface area contributed by atoms with Crippen molar-refractivity contribution in [1.82, 2.24) is 19.7 Å². The molecule has 1 fully saturated rings. The van der Waals surface area contributed by atoms with Gasteiger partial charge in [-0.1, -0.05) is 11.6 Å². The number of hydrogen-bond acceptors (Lipinski definition) is 5. The number of aromatic nitrogens is 3. The number of halogens is 2. The summed E-state index contributed by atoms with van der Waals surface area (Å²) in [4.78, 5) is 23.1. The minimum atomic E-state index is -0.294. The molecule has 158 valence electrons. The van der Waals surface area contributed by atoms with Crippen LogP contribution in [0.2, 0.25) is 5.02 Å². The van der Waals surface area contributed by atoms with Gasteiger partial charge in [-0.2, -0.15) is 5.10 Å². The summed E-state index contributed by atoms with van der Waals surface area (Å²) in [7, 11) is 0. The number of hydrogen-bond donors (Lipinski definition) is 0. The average molecular weight is 456 g/mol. The van der Waals surface area contributed by atoms with Crippen LogP contribution in [0.3, 0.4) is 0 Å². The van der Waals surface area contributed by atoms with Gasteiger partial charge in [-0.25, -0.2) is 14.1 Å². The maximum atomic E-state index is 13.3. The zero-order chi connectivity index (χ0) is 21.5. The highest BCUT2D eigenvalue weighted by atomic mass is 35.5. The SMILES string of the molecule is Cc1nn(-c2ccc(F)cc2)c2sc(C(=O)N3CCN(c4ncccc4Cl)CC3)cc12. The number of amides is 1. The fraction of sp³-hybridized carbons (Fsp3) is 0.227. The third-order valence-corrected chi connectivity index (χ3v) is 6.83. The molecule has 1 aliphatic rings. The highest BCUT2D eigenvalue weighted by molar-refractivity contribution is 7.20. The van der Waals surface area contributed by atoms with Gasteiger partial charge in [0.1, 0.15) is 16.5 Å². The Labute approximate surface area is 187 Å². The van der Waals surface area contributed by atoms with Crippen molar-refractivity contribution in [2.75, 3.05) is 31.1 Å². The van der Waals surface area contributed by atoms with Crippen molar-refractivity contribution in [2.45, 2.75) is 6.92 Å². The Hall–Kier alpha value is -2.97. The van der Waals surface area contributed by atoms with E-state index in [1.54, 1.807) is 23.0 Å². The predicted octanol–water partition coefficient (Wildman–Crippen LogP) is 4.55. The lowest BCUT2D eigenvalue weighted by Crippen LogP contribution is -2.49. The Morgan fingerprint density at radius 3 is 2.58 bits per heavy atom. The van der Waals surface area contributed by atoms with Crippen LogP contribution < -0.4 is 4.90 Å². The molecule has 31 heavy (non-hydrogen) atoms. The molecule has 0 atom stereocenters. The van der Waals surface area contributed by atoms with Crippen LogP contribution in [-0.4, -0.2) is 51.8 Å². The highest BCUT2D eigenvalue weighted by Crippen LogP contribution is 2.32. The number of carbonyl (C=O) groups excluding carboxylic acids is 1. The van der Waals surface area contributed by atoms with Gasteiger partial charge in [0.05, 0.1) is 21.3 Å². The molecule has 4 heterocycles. The molecule has 0 radical (unpaired) electrons. The molecule has 1 aliphatic heterocycles. The summed E-state index contributed by atoms with van der Waals surface area (Å²) in [6, 6.07) is 11.7. The van der Waals surface area contributed by atoms with Crippen molar-refractivity contribution < 1.29 is 9.18 Å². The third-order valence-electron chi connectivity index (χ3n) is 5.43. The van der Waals surface area contributed by atoms with E-state index in [4.69, 9.17) is 11.6 Å². The van der Waals surface area contributed by atoms with E-state index < -0.39 is 0 Å². The summed E-state index contributed by atoms with van der Waals surface area (Å²) in [6.45, 7) is 4.47. The van der Waals surface area contributed by atoms with E-state index in [-0.39, 0.29) is 11.7 Å². The number of pyridine rings is 1. The summed E-state index contributed by atoms with van der Waals surface area (Å²) in [6.07, 6.45) is 1.72. The molecule has 1 amide bonds. The Morgan fingerprint density at radius 2 is 1.87 bits per heavy atom. The molecule has 1 saturated heterocycles. The Morgan fingerprint density at radius 1 is 1.13 bits per heavy atom. The summed E-state index contributed by atoms with van der Waals surface area (Å²) in [5, 5.41) is 6.13. The van der Waals surface area contributed by atoms with Crippen LogP contribution in [-0.2, 0) is 0 Å². The van der Waals surface area contributed by atoms with Crippen molar-refractivity contribution in [1.29, 1.82) is 0 Å². The minimum absolute atomic E-state index is 0.0121. The third kappa shape index (κ3) is 3.66. The van der Waals surface area contributed by atoms with Gasteiger partial charge in [-0.15, -0.1) is 11.3 Å². The Balaban J connectivity index is 1.37.